The van der Waals surface area contributed by atoms with Gasteiger partial charge in [-0.05, 0) is 49.6 Å². The molecule has 0 unspecified atom stereocenters. The number of nitrogens with one attached hydrogen (secondary N) is 1. The molecule has 1 aliphatic heterocycles. The van der Waals surface area contributed by atoms with Gasteiger partial charge in [-0.3, -0.25) is 4.79 Å². The second-order valence-corrected chi connectivity index (χ2v) is 9.63. The molecule has 7 nitrogen and oxygen atoms in total. The number of carbonyl (C=O) groups is 1. The highest BCUT2D eigenvalue weighted by Gasteiger charge is 2.32. The highest BCUT2D eigenvalue weighted by molar-refractivity contribution is 7.89. The molecule has 0 aliphatic carbocycles. The molecule has 2 aromatic rings. The summed E-state index contributed by atoms with van der Waals surface area (Å²) in [5.74, 6) is 0.0663. The minimum Gasteiger partial charge on any atom is -0.494 e. The number of sulfonamides is 1. The first-order chi connectivity index (χ1) is 14.8. The van der Waals surface area contributed by atoms with Crippen molar-refractivity contribution in [3.05, 3.63) is 58.6 Å². The van der Waals surface area contributed by atoms with Crippen molar-refractivity contribution >= 4 is 27.5 Å². The maximum absolute atomic E-state index is 13.0. The van der Waals surface area contributed by atoms with E-state index < -0.39 is 10.0 Å². The third-order valence-electron chi connectivity index (χ3n) is 5.17. The molecular formula is C22H24ClN3O4S. The Kier molecular flexibility index (Phi) is 7.55. The number of hydrogen-bond donors (Lipinski definition) is 1. The molecular weight excluding hydrogens is 438 g/mol. The maximum atomic E-state index is 13.0. The SMILES string of the molecule is CCOc1cc(Cl)cc(S(=O)(=O)N2CCC(C(=O)NCc3ccc(C#N)cc3)CC2)c1. The summed E-state index contributed by atoms with van der Waals surface area (Å²) in [7, 11) is -3.73. The van der Waals surface area contributed by atoms with Gasteiger partial charge in [-0.25, -0.2) is 8.42 Å². The van der Waals surface area contributed by atoms with Crippen LogP contribution in [-0.2, 0) is 21.4 Å². The largest absolute Gasteiger partial charge is 0.494 e. The minimum atomic E-state index is -3.73. The first-order valence-corrected chi connectivity index (χ1v) is 11.9. The number of piperidine rings is 1. The lowest BCUT2D eigenvalue weighted by Gasteiger charge is -2.30. The topological polar surface area (TPSA) is 99.5 Å². The summed E-state index contributed by atoms with van der Waals surface area (Å²) in [6.07, 6.45) is 0.884. The lowest BCUT2D eigenvalue weighted by Crippen LogP contribution is -2.42. The van der Waals surface area contributed by atoms with E-state index in [1.165, 1.54) is 16.4 Å². The molecule has 0 atom stereocenters. The van der Waals surface area contributed by atoms with Crippen LogP contribution in [0, 0.1) is 17.2 Å². The molecule has 0 saturated carbocycles. The second kappa shape index (κ2) is 10.1. The number of carbonyl (C=O) groups excluding carboxylic acids is 1. The molecule has 9 heteroatoms. The molecule has 0 bridgehead atoms. The van der Waals surface area contributed by atoms with Crippen LogP contribution in [0.5, 0.6) is 5.75 Å². The van der Waals surface area contributed by atoms with Gasteiger partial charge in [-0.1, -0.05) is 23.7 Å². The number of rotatable bonds is 7. The van der Waals surface area contributed by atoms with Crippen LogP contribution in [-0.4, -0.2) is 38.3 Å². The van der Waals surface area contributed by atoms with Crippen LogP contribution in [0.2, 0.25) is 5.02 Å². The van der Waals surface area contributed by atoms with Crippen molar-refractivity contribution in [3.63, 3.8) is 0 Å². The normalized spacial score (nSPS) is 15.3. The Morgan fingerprint density at radius 3 is 2.52 bits per heavy atom. The number of ether oxygens (including phenoxy) is 1. The van der Waals surface area contributed by atoms with Crippen molar-refractivity contribution in [2.75, 3.05) is 19.7 Å². The summed E-state index contributed by atoms with van der Waals surface area (Å²) in [5, 5.41) is 12.0. The molecule has 1 amide bonds. The van der Waals surface area contributed by atoms with E-state index in [1.807, 2.05) is 6.92 Å². The molecule has 1 aliphatic rings. The van der Waals surface area contributed by atoms with Gasteiger partial charge >= 0.3 is 0 Å². The number of benzene rings is 2. The monoisotopic (exact) mass is 461 g/mol. The van der Waals surface area contributed by atoms with E-state index >= 15 is 0 Å². The van der Waals surface area contributed by atoms with E-state index in [1.54, 1.807) is 30.3 Å². The fraction of sp³-hybridized carbons (Fsp3) is 0.364. The number of amides is 1. The van der Waals surface area contributed by atoms with E-state index in [0.29, 0.717) is 42.3 Å². The summed E-state index contributed by atoms with van der Waals surface area (Å²) >= 11 is 6.07. The van der Waals surface area contributed by atoms with Crippen LogP contribution in [0.15, 0.2) is 47.4 Å². The number of halogens is 1. The third kappa shape index (κ3) is 5.76. The summed E-state index contributed by atoms with van der Waals surface area (Å²) in [6.45, 7) is 3.10. The highest BCUT2D eigenvalue weighted by Crippen LogP contribution is 2.29. The number of hydrogen-bond acceptors (Lipinski definition) is 5. The van der Waals surface area contributed by atoms with Gasteiger partial charge in [0.15, 0.2) is 0 Å². The Bertz CT molecular complexity index is 1070. The summed E-state index contributed by atoms with van der Waals surface area (Å²) < 4.78 is 32.8. The highest BCUT2D eigenvalue weighted by atomic mass is 35.5. The smallest absolute Gasteiger partial charge is 0.243 e. The van der Waals surface area contributed by atoms with Crippen LogP contribution in [0.25, 0.3) is 0 Å². The van der Waals surface area contributed by atoms with E-state index in [-0.39, 0.29) is 29.8 Å². The zero-order valence-corrected chi connectivity index (χ0v) is 18.7. The third-order valence-corrected chi connectivity index (χ3v) is 7.26. The van der Waals surface area contributed by atoms with Crippen LogP contribution in [0.1, 0.15) is 30.9 Å². The van der Waals surface area contributed by atoms with Gasteiger partial charge in [-0.15, -0.1) is 0 Å². The molecule has 164 valence electrons. The van der Waals surface area contributed by atoms with Gasteiger partial charge in [-0.2, -0.15) is 9.57 Å². The molecule has 0 aromatic heterocycles. The van der Waals surface area contributed by atoms with Crippen molar-refractivity contribution in [2.24, 2.45) is 5.92 Å². The van der Waals surface area contributed by atoms with Gasteiger partial charge in [0, 0.05) is 36.6 Å². The molecule has 31 heavy (non-hydrogen) atoms. The molecule has 2 aromatic carbocycles. The Hall–Kier alpha value is -2.60. The lowest BCUT2D eigenvalue weighted by atomic mass is 9.97. The number of nitriles is 1. The summed E-state index contributed by atoms with van der Waals surface area (Å²) in [4.78, 5) is 12.6. The molecule has 0 radical (unpaired) electrons. The standard InChI is InChI=1S/C22H24ClN3O4S/c1-2-30-20-11-19(23)12-21(13-20)31(28,29)26-9-7-18(8-10-26)22(27)25-15-17-5-3-16(14-24)4-6-17/h3-6,11-13,18H,2,7-10,15H2,1H3,(H,25,27). The van der Waals surface area contributed by atoms with Gasteiger partial charge in [0.2, 0.25) is 15.9 Å². The molecule has 1 heterocycles. The quantitative estimate of drug-likeness (QED) is 0.681. The van der Waals surface area contributed by atoms with E-state index in [4.69, 9.17) is 21.6 Å². The zero-order chi connectivity index (χ0) is 22.4. The predicted octanol–water partition coefficient (Wildman–Crippen LogP) is 3.33. The van der Waals surface area contributed by atoms with Gasteiger partial charge in [0.1, 0.15) is 5.75 Å². The van der Waals surface area contributed by atoms with Crippen molar-refractivity contribution in [2.45, 2.75) is 31.2 Å². The molecule has 1 N–H and O–H groups in total. The van der Waals surface area contributed by atoms with Crippen LogP contribution >= 0.6 is 11.6 Å². The first kappa shape index (κ1) is 23.1. The van der Waals surface area contributed by atoms with E-state index in [2.05, 4.69) is 11.4 Å². The molecule has 1 saturated heterocycles. The predicted molar refractivity (Wildman–Crippen MR) is 117 cm³/mol. The summed E-state index contributed by atoms with van der Waals surface area (Å²) in [5.41, 5.74) is 1.47. The van der Waals surface area contributed by atoms with Crippen LogP contribution < -0.4 is 10.1 Å². The fourth-order valence-electron chi connectivity index (χ4n) is 3.47. The first-order valence-electron chi connectivity index (χ1n) is 10.0. The molecule has 1 fully saturated rings. The van der Waals surface area contributed by atoms with Crippen molar-refractivity contribution < 1.29 is 17.9 Å². The average molecular weight is 462 g/mol. The van der Waals surface area contributed by atoms with E-state index in [9.17, 15) is 13.2 Å². The van der Waals surface area contributed by atoms with Crippen LogP contribution in [0.3, 0.4) is 0 Å². The van der Waals surface area contributed by atoms with Gasteiger partial charge in [0.25, 0.3) is 0 Å². The lowest BCUT2D eigenvalue weighted by molar-refractivity contribution is -0.126. The van der Waals surface area contributed by atoms with Crippen molar-refractivity contribution in [1.29, 1.82) is 5.26 Å². The Labute approximate surface area is 187 Å². The molecule has 0 spiro atoms. The maximum Gasteiger partial charge on any atom is 0.243 e. The minimum absolute atomic E-state index is 0.0900. The average Bonchev–Trinajstić information content (AvgIpc) is 2.77. The Balaban J connectivity index is 1.58. The Morgan fingerprint density at radius 2 is 1.90 bits per heavy atom. The van der Waals surface area contributed by atoms with Crippen molar-refractivity contribution in [1.82, 2.24) is 9.62 Å². The fourth-order valence-corrected chi connectivity index (χ4v) is 5.29. The van der Waals surface area contributed by atoms with Crippen molar-refractivity contribution in [3.8, 4) is 11.8 Å². The zero-order valence-electron chi connectivity index (χ0n) is 17.2. The Morgan fingerprint density at radius 1 is 1.23 bits per heavy atom. The number of nitrogens with zero attached hydrogens (tertiary/aromatic N) is 2. The van der Waals surface area contributed by atoms with Crippen LogP contribution in [0.4, 0.5) is 0 Å². The van der Waals surface area contributed by atoms with Gasteiger partial charge < -0.3 is 10.1 Å². The molecule has 3 rings (SSSR count). The second-order valence-electron chi connectivity index (χ2n) is 7.26. The van der Waals surface area contributed by atoms with Gasteiger partial charge in [0.05, 0.1) is 23.1 Å². The summed E-state index contributed by atoms with van der Waals surface area (Å²) in [6, 6.07) is 13.5. The van der Waals surface area contributed by atoms with E-state index in [0.717, 1.165) is 5.56 Å².